The molecule has 4 nitrogen and oxygen atoms in total. The normalized spacial score (nSPS) is 16.3. The van der Waals surface area contributed by atoms with Crippen LogP contribution in [0.3, 0.4) is 0 Å². The number of nitrogens with one attached hydrogen (secondary N) is 2. The molecule has 1 aliphatic rings. The summed E-state index contributed by atoms with van der Waals surface area (Å²) in [6.45, 7) is 5.21. The Bertz CT molecular complexity index is 605. The molecule has 0 bridgehead atoms. The van der Waals surface area contributed by atoms with Gasteiger partial charge in [-0.25, -0.2) is 0 Å². The molecular formula is C19H27ClN2O2. The number of hydrogen-bond acceptors (Lipinski definition) is 2. The van der Waals surface area contributed by atoms with Crippen LogP contribution in [-0.4, -0.2) is 17.9 Å². The molecular weight excluding hydrogens is 324 g/mol. The molecule has 24 heavy (non-hydrogen) atoms. The van der Waals surface area contributed by atoms with Crippen molar-refractivity contribution in [2.45, 2.75) is 65.3 Å². The van der Waals surface area contributed by atoms with E-state index in [2.05, 4.69) is 10.6 Å². The van der Waals surface area contributed by atoms with Crippen LogP contribution in [0.25, 0.3) is 0 Å². The predicted molar refractivity (Wildman–Crippen MR) is 98.2 cm³/mol. The van der Waals surface area contributed by atoms with Crippen LogP contribution in [-0.2, 0) is 9.59 Å². The summed E-state index contributed by atoms with van der Waals surface area (Å²) in [6, 6.07) is 5.52. The van der Waals surface area contributed by atoms with Crippen LogP contribution >= 0.6 is 11.6 Å². The molecule has 0 aliphatic heterocycles. The highest BCUT2D eigenvalue weighted by molar-refractivity contribution is 6.31. The van der Waals surface area contributed by atoms with E-state index in [1.807, 2.05) is 13.0 Å². The van der Waals surface area contributed by atoms with Crippen molar-refractivity contribution in [2.24, 2.45) is 5.41 Å². The number of hydrogen-bond donors (Lipinski definition) is 2. The molecule has 2 rings (SSSR count). The SMILES string of the molecule is Cc1ccc(NC(=O)C(C)(C)C(=O)NC2CCCCCC2)cc1Cl. The van der Waals surface area contributed by atoms with Crippen LogP contribution in [0.5, 0.6) is 0 Å². The number of anilines is 1. The monoisotopic (exact) mass is 350 g/mol. The number of aryl methyl sites for hydroxylation is 1. The summed E-state index contributed by atoms with van der Waals surface area (Å²) in [4.78, 5) is 25.2. The van der Waals surface area contributed by atoms with E-state index in [4.69, 9.17) is 11.6 Å². The number of carbonyl (C=O) groups excluding carboxylic acids is 2. The van der Waals surface area contributed by atoms with Gasteiger partial charge in [-0.05, 0) is 51.3 Å². The molecule has 2 N–H and O–H groups in total. The number of amides is 2. The molecule has 0 saturated heterocycles. The van der Waals surface area contributed by atoms with Crippen molar-refractivity contribution >= 4 is 29.1 Å². The molecule has 1 fully saturated rings. The highest BCUT2D eigenvalue weighted by atomic mass is 35.5. The number of benzene rings is 1. The fourth-order valence-corrected chi connectivity index (χ4v) is 3.03. The fraction of sp³-hybridized carbons (Fsp3) is 0.579. The maximum Gasteiger partial charge on any atom is 0.239 e. The third-order valence-electron chi connectivity index (χ3n) is 4.76. The van der Waals surface area contributed by atoms with Gasteiger partial charge < -0.3 is 10.6 Å². The number of rotatable bonds is 4. The first-order chi connectivity index (χ1) is 11.3. The minimum atomic E-state index is -1.14. The van der Waals surface area contributed by atoms with E-state index >= 15 is 0 Å². The second-order valence-corrected chi connectivity index (χ2v) is 7.61. The van der Waals surface area contributed by atoms with E-state index in [9.17, 15) is 9.59 Å². The lowest BCUT2D eigenvalue weighted by Crippen LogP contribution is -2.48. The van der Waals surface area contributed by atoms with Crippen LogP contribution in [0.1, 0.15) is 57.9 Å². The lowest BCUT2D eigenvalue weighted by Gasteiger charge is -2.26. The summed E-state index contributed by atoms with van der Waals surface area (Å²) < 4.78 is 0. The zero-order valence-corrected chi connectivity index (χ0v) is 15.5. The smallest absolute Gasteiger partial charge is 0.239 e. The minimum absolute atomic E-state index is 0.181. The Hall–Kier alpha value is -1.55. The van der Waals surface area contributed by atoms with Gasteiger partial charge in [0.2, 0.25) is 11.8 Å². The Labute approximate surface area is 149 Å². The van der Waals surface area contributed by atoms with E-state index < -0.39 is 5.41 Å². The molecule has 0 radical (unpaired) electrons. The lowest BCUT2D eigenvalue weighted by molar-refractivity contribution is -0.138. The molecule has 1 aromatic rings. The average Bonchev–Trinajstić information content (AvgIpc) is 2.79. The first-order valence-corrected chi connectivity index (χ1v) is 9.07. The molecule has 0 unspecified atom stereocenters. The third-order valence-corrected chi connectivity index (χ3v) is 5.16. The molecule has 1 aromatic carbocycles. The van der Waals surface area contributed by atoms with Crippen LogP contribution < -0.4 is 10.6 Å². The van der Waals surface area contributed by atoms with Crippen molar-refractivity contribution < 1.29 is 9.59 Å². The summed E-state index contributed by atoms with van der Waals surface area (Å²) in [7, 11) is 0. The summed E-state index contributed by atoms with van der Waals surface area (Å²) in [5, 5.41) is 6.45. The lowest BCUT2D eigenvalue weighted by atomic mass is 9.90. The standard InChI is InChI=1S/C19H27ClN2O2/c1-13-10-11-15(12-16(13)20)22-18(24)19(2,3)17(23)21-14-8-6-4-5-7-9-14/h10-12,14H,4-9H2,1-3H3,(H,21,23)(H,22,24). The van der Waals surface area contributed by atoms with Crippen molar-refractivity contribution in [3.63, 3.8) is 0 Å². The Balaban J connectivity index is 2.00. The summed E-state index contributed by atoms with van der Waals surface area (Å²) in [6.07, 6.45) is 6.72. The van der Waals surface area contributed by atoms with Crippen molar-refractivity contribution in [3.05, 3.63) is 28.8 Å². The highest BCUT2D eigenvalue weighted by Gasteiger charge is 2.37. The van der Waals surface area contributed by atoms with Gasteiger partial charge in [0, 0.05) is 16.8 Å². The molecule has 0 atom stereocenters. The second kappa shape index (κ2) is 8.02. The van der Waals surface area contributed by atoms with Gasteiger partial charge in [0.15, 0.2) is 0 Å². The van der Waals surface area contributed by atoms with Crippen molar-refractivity contribution in [2.75, 3.05) is 5.32 Å². The molecule has 0 spiro atoms. The molecule has 0 aromatic heterocycles. The molecule has 0 heterocycles. The van der Waals surface area contributed by atoms with Crippen LogP contribution in [0.4, 0.5) is 5.69 Å². The summed E-state index contributed by atoms with van der Waals surface area (Å²) in [5.74, 6) is -0.543. The van der Waals surface area contributed by atoms with Gasteiger partial charge >= 0.3 is 0 Å². The van der Waals surface area contributed by atoms with E-state index in [-0.39, 0.29) is 17.9 Å². The molecule has 1 aliphatic carbocycles. The predicted octanol–water partition coefficient (Wildman–Crippen LogP) is 4.45. The Morgan fingerprint density at radius 3 is 2.29 bits per heavy atom. The zero-order valence-electron chi connectivity index (χ0n) is 14.7. The van der Waals surface area contributed by atoms with E-state index in [1.54, 1.807) is 26.0 Å². The summed E-state index contributed by atoms with van der Waals surface area (Å²) in [5.41, 5.74) is 0.412. The number of halogens is 1. The van der Waals surface area contributed by atoms with Gasteiger partial charge in [-0.3, -0.25) is 9.59 Å². The Kier molecular flexibility index (Phi) is 6.27. The Morgan fingerprint density at radius 2 is 1.71 bits per heavy atom. The van der Waals surface area contributed by atoms with Gasteiger partial charge in [0.25, 0.3) is 0 Å². The van der Waals surface area contributed by atoms with Gasteiger partial charge in [-0.2, -0.15) is 0 Å². The maximum absolute atomic E-state index is 12.6. The van der Waals surface area contributed by atoms with Gasteiger partial charge in [-0.15, -0.1) is 0 Å². The van der Waals surface area contributed by atoms with Crippen LogP contribution in [0.15, 0.2) is 18.2 Å². The summed E-state index contributed by atoms with van der Waals surface area (Å²) >= 11 is 6.09. The first-order valence-electron chi connectivity index (χ1n) is 8.69. The molecule has 132 valence electrons. The van der Waals surface area contributed by atoms with Crippen molar-refractivity contribution in [3.8, 4) is 0 Å². The minimum Gasteiger partial charge on any atom is -0.352 e. The average molecular weight is 351 g/mol. The highest BCUT2D eigenvalue weighted by Crippen LogP contribution is 2.24. The van der Waals surface area contributed by atoms with Crippen LogP contribution in [0.2, 0.25) is 5.02 Å². The van der Waals surface area contributed by atoms with Crippen molar-refractivity contribution in [1.82, 2.24) is 5.32 Å². The second-order valence-electron chi connectivity index (χ2n) is 7.21. The Morgan fingerprint density at radius 1 is 1.08 bits per heavy atom. The van der Waals surface area contributed by atoms with E-state index in [0.717, 1.165) is 31.2 Å². The fourth-order valence-electron chi connectivity index (χ4n) is 2.85. The zero-order chi connectivity index (χ0) is 17.7. The van der Waals surface area contributed by atoms with E-state index in [0.29, 0.717) is 10.7 Å². The van der Waals surface area contributed by atoms with Gasteiger partial charge in [0.05, 0.1) is 0 Å². The third kappa shape index (κ3) is 4.73. The quantitative estimate of drug-likeness (QED) is 0.622. The topological polar surface area (TPSA) is 58.2 Å². The van der Waals surface area contributed by atoms with Gasteiger partial charge in [-0.1, -0.05) is 43.4 Å². The molecule has 1 saturated carbocycles. The number of carbonyl (C=O) groups is 2. The van der Waals surface area contributed by atoms with E-state index in [1.165, 1.54) is 12.8 Å². The van der Waals surface area contributed by atoms with Gasteiger partial charge in [0.1, 0.15) is 5.41 Å². The first kappa shape index (κ1) is 18.8. The van der Waals surface area contributed by atoms with Crippen LogP contribution in [0, 0.1) is 12.3 Å². The maximum atomic E-state index is 12.6. The molecule has 2 amide bonds. The van der Waals surface area contributed by atoms with Crippen molar-refractivity contribution in [1.29, 1.82) is 0 Å². The largest absolute Gasteiger partial charge is 0.352 e. The molecule has 5 heteroatoms.